The van der Waals surface area contributed by atoms with Gasteiger partial charge in [0.25, 0.3) is 10.5 Å². The standard InChI is InChI=1S/C8H6Cl2O2/c1-3-5(7(9)11)6(4-2)8(10)12/h3-4H,1-2H2/b6-5-. The van der Waals surface area contributed by atoms with Gasteiger partial charge in [0.15, 0.2) is 0 Å². The normalized spacial score (nSPS) is 11.5. The van der Waals surface area contributed by atoms with Crippen LogP contribution in [0.4, 0.5) is 0 Å². The second kappa shape index (κ2) is 4.91. The van der Waals surface area contributed by atoms with Gasteiger partial charge in [-0.2, -0.15) is 0 Å². The number of hydrogen-bond donors (Lipinski definition) is 0. The van der Waals surface area contributed by atoms with E-state index >= 15 is 0 Å². The first-order chi connectivity index (χ1) is 5.54. The summed E-state index contributed by atoms with van der Waals surface area (Å²) in [6, 6.07) is 0. The molecule has 0 unspecified atom stereocenters. The summed E-state index contributed by atoms with van der Waals surface area (Å²) in [5.74, 6) is 0. The van der Waals surface area contributed by atoms with Crippen molar-refractivity contribution in [2.24, 2.45) is 0 Å². The van der Waals surface area contributed by atoms with Crippen molar-refractivity contribution in [3.63, 3.8) is 0 Å². The summed E-state index contributed by atoms with van der Waals surface area (Å²) in [5.41, 5.74) is -0.0710. The lowest BCUT2D eigenvalue weighted by molar-refractivity contribution is -0.110. The fraction of sp³-hybridized carbons (Fsp3) is 0. The number of rotatable bonds is 4. The Morgan fingerprint density at radius 2 is 1.17 bits per heavy atom. The van der Waals surface area contributed by atoms with Crippen LogP contribution in [0.1, 0.15) is 0 Å². The van der Waals surface area contributed by atoms with Gasteiger partial charge in [-0.15, -0.1) is 0 Å². The van der Waals surface area contributed by atoms with Crippen molar-refractivity contribution in [2.75, 3.05) is 0 Å². The summed E-state index contributed by atoms with van der Waals surface area (Å²) in [4.78, 5) is 21.3. The molecule has 0 rings (SSSR count). The van der Waals surface area contributed by atoms with Crippen LogP contribution in [0.25, 0.3) is 0 Å². The highest BCUT2D eigenvalue weighted by atomic mass is 35.5. The van der Waals surface area contributed by atoms with Crippen LogP contribution in [-0.2, 0) is 9.59 Å². The molecule has 64 valence electrons. The first-order valence-corrected chi connectivity index (χ1v) is 3.69. The van der Waals surface area contributed by atoms with Crippen molar-refractivity contribution in [3.8, 4) is 0 Å². The van der Waals surface area contributed by atoms with E-state index < -0.39 is 10.5 Å². The third kappa shape index (κ3) is 2.64. The average molecular weight is 205 g/mol. The average Bonchev–Trinajstić information content (AvgIpc) is 1.98. The molecule has 0 saturated heterocycles. The van der Waals surface area contributed by atoms with Gasteiger partial charge in [0, 0.05) is 11.1 Å². The lowest BCUT2D eigenvalue weighted by Gasteiger charge is -1.97. The summed E-state index contributed by atoms with van der Waals surface area (Å²) in [7, 11) is 0. The van der Waals surface area contributed by atoms with Crippen LogP contribution in [0.15, 0.2) is 36.5 Å². The van der Waals surface area contributed by atoms with Crippen molar-refractivity contribution in [1.82, 2.24) is 0 Å². The number of hydrogen-bond acceptors (Lipinski definition) is 2. The Morgan fingerprint density at radius 3 is 1.25 bits per heavy atom. The van der Waals surface area contributed by atoms with Crippen LogP contribution < -0.4 is 0 Å². The molecule has 2 nitrogen and oxygen atoms in total. The molecule has 0 aromatic carbocycles. The Labute approximate surface area is 80.2 Å². The number of carbonyl (C=O) groups excluding carboxylic acids is 2. The van der Waals surface area contributed by atoms with Crippen molar-refractivity contribution < 1.29 is 9.59 Å². The molecule has 4 heteroatoms. The van der Waals surface area contributed by atoms with Gasteiger partial charge in [0.2, 0.25) is 0 Å². The van der Waals surface area contributed by atoms with Gasteiger partial charge in [-0.3, -0.25) is 9.59 Å². The second-order valence-electron chi connectivity index (χ2n) is 1.78. The monoisotopic (exact) mass is 204 g/mol. The molecule has 0 aromatic heterocycles. The van der Waals surface area contributed by atoms with Gasteiger partial charge in [0.1, 0.15) is 0 Å². The second-order valence-corrected chi connectivity index (χ2v) is 2.47. The molecule has 0 aliphatic rings. The highest BCUT2D eigenvalue weighted by Gasteiger charge is 2.12. The predicted octanol–water partition coefficient (Wildman–Crippen LogP) is 2.19. The molecule has 0 aliphatic heterocycles. The number of carbonyl (C=O) groups is 2. The topological polar surface area (TPSA) is 34.1 Å². The Hall–Kier alpha value is -0.860. The van der Waals surface area contributed by atoms with E-state index in [1.807, 2.05) is 0 Å². The minimum absolute atomic E-state index is 0.0355. The minimum atomic E-state index is -0.783. The van der Waals surface area contributed by atoms with E-state index in [0.29, 0.717) is 0 Å². The summed E-state index contributed by atoms with van der Waals surface area (Å²) in [5, 5.41) is -1.57. The van der Waals surface area contributed by atoms with Crippen LogP contribution >= 0.6 is 23.2 Å². The van der Waals surface area contributed by atoms with Gasteiger partial charge in [-0.25, -0.2) is 0 Å². The Bertz CT molecular complexity index is 249. The van der Waals surface area contributed by atoms with Crippen LogP contribution in [-0.4, -0.2) is 10.5 Å². The molecule has 0 radical (unpaired) electrons. The van der Waals surface area contributed by atoms with E-state index in [4.69, 9.17) is 23.2 Å². The van der Waals surface area contributed by atoms with E-state index in [-0.39, 0.29) is 11.1 Å². The van der Waals surface area contributed by atoms with E-state index in [2.05, 4.69) is 13.2 Å². The largest absolute Gasteiger partial charge is 0.276 e. The number of halogens is 2. The molecule has 0 aromatic rings. The Kier molecular flexibility index (Phi) is 4.55. The van der Waals surface area contributed by atoms with Gasteiger partial charge < -0.3 is 0 Å². The lowest BCUT2D eigenvalue weighted by atomic mass is 10.1. The fourth-order valence-electron chi connectivity index (χ4n) is 0.592. The number of allylic oxidation sites excluding steroid dienone is 4. The molecular weight excluding hydrogens is 199 g/mol. The van der Waals surface area contributed by atoms with Crippen LogP contribution in [0.2, 0.25) is 0 Å². The molecule has 0 fully saturated rings. The maximum absolute atomic E-state index is 10.7. The molecule has 0 aliphatic carbocycles. The molecule has 12 heavy (non-hydrogen) atoms. The molecular formula is C8H6Cl2O2. The molecule has 0 N–H and O–H groups in total. The first-order valence-electron chi connectivity index (χ1n) is 2.93. The summed E-state index contributed by atoms with van der Waals surface area (Å²) in [6.07, 6.45) is 2.32. The van der Waals surface area contributed by atoms with Gasteiger partial charge in [-0.1, -0.05) is 25.3 Å². The molecule has 0 heterocycles. The molecule has 0 spiro atoms. The zero-order chi connectivity index (χ0) is 9.72. The first kappa shape index (κ1) is 11.1. The van der Waals surface area contributed by atoms with Crippen molar-refractivity contribution in [3.05, 3.63) is 36.5 Å². The fourth-order valence-corrected chi connectivity index (χ4v) is 0.950. The zero-order valence-corrected chi connectivity index (χ0v) is 7.65. The molecule has 0 amide bonds. The van der Waals surface area contributed by atoms with E-state index in [1.165, 1.54) is 0 Å². The van der Waals surface area contributed by atoms with Crippen molar-refractivity contribution in [1.29, 1.82) is 0 Å². The van der Waals surface area contributed by atoms with Crippen LogP contribution in [0, 0.1) is 0 Å². The van der Waals surface area contributed by atoms with Crippen molar-refractivity contribution in [2.45, 2.75) is 0 Å². The van der Waals surface area contributed by atoms with E-state index in [0.717, 1.165) is 12.2 Å². The zero-order valence-electron chi connectivity index (χ0n) is 6.14. The minimum Gasteiger partial charge on any atom is -0.276 e. The molecule has 0 atom stereocenters. The molecule has 0 bridgehead atoms. The quantitative estimate of drug-likeness (QED) is 0.400. The lowest BCUT2D eigenvalue weighted by Crippen LogP contribution is -2.00. The van der Waals surface area contributed by atoms with E-state index in [9.17, 15) is 9.59 Å². The van der Waals surface area contributed by atoms with Crippen molar-refractivity contribution >= 4 is 33.7 Å². The Morgan fingerprint density at radius 1 is 0.917 bits per heavy atom. The summed E-state index contributed by atoms with van der Waals surface area (Å²) < 4.78 is 0. The van der Waals surface area contributed by atoms with Gasteiger partial charge in [0.05, 0.1) is 0 Å². The summed E-state index contributed by atoms with van der Waals surface area (Å²) >= 11 is 10.3. The third-order valence-electron chi connectivity index (χ3n) is 1.12. The predicted molar refractivity (Wildman–Crippen MR) is 49.1 cm³/mol. The maximum Gasteiger partial charge on any atom is 0.253 e. The van der Waals surface area contributed by atoms with Crippen LogP contribution in [0.3, 0.4) is 0 Å². The van der Waals surface area contributed by atoms with Gasteiger partial charge in [-0.05, 0) is 23.2 Å². The van der Waals surface area contributed by atoms with Gasteiger partial charge >= 0.3 is 0 Å². The highest BCUT2D eigenvalue weighted by molar-refractivity contribution is 6.71. The maximum atomic E-state index is 10.7. The SMILES string of the molecule is C=C/C(C(=O)Cl)=C(\C=C)C(=O)Cl. The van der Waals surface area contributed by atoms with Crippen LogP contribution in [0.5, 0.6) is 0 Å². The van der Waals surface area contributed by atoms with E-state index in [1.54, 1.807) is 0 Å². The highest BCUT2D eigenvalue weighted by Crippen LogP contribution is 2.13. The smallest absolute Gasteiger partial charge is 0.253 e. The summed E-state index contributed by atoms with van der Waals surface area (Å²) in [6.45, 7) is 6.62. The Balaban J connectivity index is 5.30. The molecule has 0 saturated carbocycles. The third-order valence-corrected chi connectivity index (χ3v) is 1.53.